The molecule has 21 heavy (non-hydrogen) atoms. The predicted molar refractivity (Wildman–Crippen MR) is 85.6 cm³/mol. The van der Waals surface area contributed by atoms with Gasteiger partial charge in [0, 0.05) is 42.3 Å². The molecule has 2 fully saturated rings. The van der Waals surface area contributed by atoms with Gasteiger partial charge >= 0.3 is 0 Å². The van der Waals surface area contributed by atoms with Crippen molar-refractivity contribution in [3.05, 3.63) is 23.5 Å². The summed E-state index contributed by atoms with van der Waals surface area (Å²) in [5.74, 6) is 0. The summed E-state index contributed by atoms with van der Waals surface area (Å²) in [6, 6.07) is 2.88. The molecule has 3 heterocycles. The lowest BCUT2D eigenvalue weighted by atomic mass is 9.99. The normalized spacial score (nSPS) is 21.7. The average Bonchev–Trinajstić information content (AvgIpc) is 2.56. The Hall–Kier alpha value is -1.13. The van der Waals surface area contributed by atoms with Gasteiger partial charge in [-0.2, -0.15) is 0 Å². The van der Waals surface area contributed by atoms with Crippen molar-refractivity contribution in [3.63, 3.8) is 0 Å². The van der Waals surface area contributed by atoms with Crippen molar-refractivity contribution in [2.75, 3.05) is 31.1 Å². The summed E-state index contributed by atoms with van der Waals surface area (Å²) in [5, 5.41) is 9.52. The number of likely N-dealkylation sites (tertiary alicyclic amines) is 1. The van der Waals surface area contributed by atoms with E-state index >= 15 is 0 Å². The van der Waals surface area contributed by atoms with Gasteiger partial charge in [-0.15, -0.1) is 0 Å². The minimum Gasteiger partial charge on any atom is -0.392 e. The van der Waals surface area contributed by atoms with Crippen molar-refractivity contribution in [1.82, 2.24) is 9.88 Å². The minimum atomic E-state index is 0.0780. The smallest absolute Gasteiger partial charge is 0.0717 e. The number of anilines is 1. The lowest BCUT2D eigenvalue weighted by molar-refractivity contribution is 0.141. The highest BCUT2D eigenvalue weighted by Crippen LogP contribution is 2.27. The molecule has 0 amide bonds. The molecule has 0 bridgehead atoms. The van der Waals surface area contributed by atoms with Gasteiger partial charge in [0.25, 0.3) is 0 Å². The number of piperidine rings is 2. The van der Waals surface area contributed by atoms with E-state index in [9.17, 15) is 5.11 Å². The third-order valence-corrected chi connectivity index (χ3v) is 4.98. The SMILES string of the molecule is Cc1cc(N2CCC(N3CCCCC3)CC2)c(CO)cn1. The maximum atomic E-state index is 9.52. The van der Waals surface area contributed by atoms with Gasteiger partial charge in [-0.05, 0) is 51.8 Å². The Labute approximate surface area is 127 Å². The molecule has 2 aliphatic heterocycles. The Balaban J connectivity index is 1.64. The Morgan fingerprint density at radius 3 is 2.52 bits per heavy atom. The third kappa shape index (κ3) is 3.38. The minimum absolute atomic E-state index is 0.0780. The summed E-state index contributed by atoms with van der Waals surface area (Å²) in [4.78, 5) is 9.43. The molecule has 3 rings (SSSR count). The highest BCUT2D eigenvalue weighted by Gasteiger charge is 2.26. The van der Waals surface area contributed by atoms with Gasteiger partial charge in [0.15, 0.2) is 0 Å². The first-order valence-corrected chi connectivity index (χ1v) is 8.33. The first-order valence-electron chi connectivity index (χ1n) is 8.33. The van der Waals surface area contributed by atoms with Gasteiger partial charge in [-0.25, -0.2) is 0 Å². The van der Waals surface area contributed by atoms with Crippen LogP contribution in [-0.4, -0.2) is 47.2 Å². The molecule has 2 aliphatic rings. The fourth-order valence-electron chi connectivity index (χ4n) is 3.75. The Morgan fingerprint density at radius 2 is 1.86 bits per heavy atom. The molecule has 1 N–H and O–H groups in total. The third-order valence-electron chi connectivity index (χ3n) is 4.98. The van der Waals surface area contributed by atoms with E-state index in [0.717, 1.165) is 30.4 Å². The first kappa shape index (κ1) is 14.8. The zero-order chi connectivity index (χ0) is 14.7. The van der Waals surface area contributed by atoms with E-state index in [1.807, 2.05) is 13.1 Å². The number of aryl methyl sites for hydroxylation is 1. The van der Waals surface area contributed by atoms with E-state index in [4.69, 9.17) is 0 Å². The predicted octanol–water partition coefficient (Wildman–Crippen LogP) is 2.34. The lowest BCUT2D eigenvalue weighted by Crippen LogP contribution is -2.47. The largest absolute Gasteiger partial charge is 0.392 e. The monoisotopic (exact) mass is 289 g/mol. The molecular weight excluding hydrogens is 262 g/mol. The van der Waals surface area contributed by atoms with Crippen LogP contribution in [0.2, 0.25) is 0 Å². The fourth-order valence-corrected chi connectivity index (χ4v) is 3.75. The number of nitrogens with zero attached hydrogens (tertiary/aromatic N) is 3. The second kappa shape index (κ2) is 6.75. The summed E-state index contributed by atoms with van der Waals surface area (Å²) in [5.41, 5.74) is 3.17. The van der Waals surface area contributed by atoms with Crippen LogP contribution in [0.15, 0.2) is 12.3 Å². The van der Waals surface area contributed by atoms with Crippen LogP contribution in [0.4, 0.5) is 5.69 Å². The number of aliphatic hydroxyl groups is 1. The first-order chi connectivity index (χ1) is 10.3. The maximum Gasteiger partial charge on any atom is 0.0717 e. The second-order valence-electron chi connectivity index (χ2n) is 6.43. The molecule has 0 aliphatic carbocycles. The number of aromatic nitrogens is 1. The topological polar surface area (TPSA) is 39.6 Å². The van der Waals surface area contributed by atoms with Crippen molar-refractivity contribution >= 4 is 5.69 Å². The Bertz CT molecular complexity index is 463. The maximum absolute atomic E-state index is 9.52. The van der Waals surface area contributed by atoms with Crippen molar-refractivity contribution < 1.29 is 5.11 Å². The van der Waals surface area contributed by atoms with Crippen LogP contribution in [-0.2, 0) is 6.61 Å². The molecule has 1 aromatic heterocycles. The van der Waals surface area contributed by atoms with Crippen molar-refractivity contribution in [2.45, 2.75) is 51.7 Å². The van der Waals surface area contributed by atoms with Crippen molar-refractivity contribution in [2.24, 2.45) is 0 Å². The molecule has 0 spiro atoms. The van der Waals surface area contributed by atoms with Crippen LogP contribution in [0.1, 0.15) is 43.4 Å². The molecule has 4 heteroatoms. The van der Waals surface area contributed by atoms with Crippen molar-refractivity contribution in [1.29, 1.82) is 0 Å². The van der Waals surface area contributed by atoms with E-state index in [1.54, 1.807) is 0 Å². The average molecular weight is 289 g/mol. The highest BCUT2D eigenvalue weighted by atomic mass is 16.3. The molecule has 4 nitrogen and oxygen atoms in total. The lowest BCUT2D eigenvalue weighted by Gasteiger charge is -2.41. The highest BCUT2D eigenvalue weighted by molar-refractivity contribution is 5.53. The Morgan fingerprint density at radius 1 is 1.14 bits per heavy atom. The number of rotatable bonds is 3. The van der Waals surface area contributed by atoms with Crippen LogP contribution < -0.4 is 4.90 Å². The molecule has 116 valence electrons. The molecule has 1 aromatic rings. The standard InChI is InChI=1S/C17H27N3O/c1-14-11-17(15(13-21)12-18-14)20-9-5-16(6-10-20)19-7-3-2-4-8-19/h11-12,16,21H,2-10,13H2,1H3. The molecule has 0 atom stereocenters. The van der Waals surface area contributed by atoms with Crippen LogP contribution in [0.25, 0.3) is 0 Å². The van der Waals surface area contributed by atoms with E-state index in [1.165, 1.54) is 50.9 Å². The Kier molecular flexibility index (Phi) is 4.76. The number of hydrogen-bond acceptors (Lipinski definition) is 4. The van der Waals surface area contributed by atoms with Gasteiger partial charge in [0.2, 0.25) is 0 Å². The summed E-state index contributed by atoms with van der Waals surface area (Å²) in [6.07, 6.45) is 8.46. The number of pyridine rings is 1. The van der Waals surface area contributed by atoms with Gasteiger partial charge in [0.05, 0.1) is 6.61 Å². The summed E-state index contributed by atoms with van der Waals surface area (Å²) >= 11 is 0. The van der Waals surface area contributed by atoms with E-state index in [-0.39, 0.29) is 6.61 Å². The number of aliphatic hydroxyl groups excluding tert-OH is 1. The van der Waals surface area contributed by atoms with Crippen LogP contribution in [0.5, 0.6) is 0 Å². The molecule has 0 radical (unpaired) electrons. The van der Waals surface area contributed by atoms with Crippen LogP contribution >= 0.6 is 0 Å². The zero-order valence-electron chi connectivity index (χ0n) is 13.1. The van der Waals surface area contributed by atoms with Crippen molar-refractivity contribution in [3.8, 4) is 0 Å². The van der Waals surface area contributed by atoms with Crippen LogP contribution in [0.3, 0.4) is 0 Å². The summed E-state index contributed by atoms with van der Waals surface area (Å²) in [7, 11) is 0. The van der Waals surface area contributed by atoms with Gasteiger partial charge in [-0.3, -0.25) is 4.98 Å². The molecule has 0 aromatic carbocycles. The summed E-state index contributed by atoms with van der Waals surface area (Å²) < 4.78 is 0. The van der Waals surface area contributed by atoms with E-state index in [0.29, 0.717) is 0 Å². The fraction of sp³-hybridized carbons (Fsp3) is 0.706. The molecule has 2 saturated heterocycles. The quantitative estimate of drug-likeness (QED) is 0.927. The summed E-state index contributed by atoms with van der Waals surface area (Å²) in [6.45, 7) is 6.87. The molecule has 0 unspecified atom stereocenters. The second-order valence-corrected chi connectivity index (χ2v) is 6.43. The molecular formula is C17H27N3O. The van der Waals surface area contributed by atoms with E-state index < -0.39 is 0 Å². The van der Waals surface area contributed by atoms with Gasteiger partial charge in [0.1, 0.15) is 0 Å². The zero-order valence-corrected chi connectivity index (χ0v) is 13.1. The van der Waals surface area contributed by atoms with Crippen LogP contribution in [0, 0.1) is 6.92 Å². The van der Waals surface area contributed by atoms with E-state index in [2.05, 4.69) is 20.9 Å². The molecule has 0 saturated carbocycles. The van der Waals surface area contributed by atoms with Gasteiger partial charge in [-0.1, -0.05) is 6.42 Å². The number of hydrogen-bond donors (Lipinski definition) is 1. The van der Waals surface area contributed by atoms with Gasteiger partial charge < -0.3 is 14.9 Å².